The van der Waals surface area contributed by atoms with Crippen LogP contribution in [0.2, 0.25) is 5.02 Å². The normalized spacial score (nSPS) is 11.1. The lowest BCUT2D eigenvalue weighted by Crippen LogP contribution is -2.17. The minimum Gasteiger partial charge on any atom is -0.493 e. The summed E-state index contributed by atoms with van der Waals surface area (Å²) in [6.45, 7) is 0.938. The van der Waals surface area contributed by atoms with Crippen LogP contribution < -0.4 is 5.69 Å². The van der Waals surface area contributed by atoms with Crippen molar-refractivity contribution in [2.45, 2.75) is 25.9 Å². The van der Waals surface area contributed by atoms with Gasteiger partial charge in [0, 0.05) is 35.3 Å². The highest BCUT2D eigenvalue weighted by molar-refractivity contribution is 6.30. The van der Waals surface area contributed by atoms with Crippen molar-refractivity contribution >= 4 is 22.6 Å². The fraction of sp³-hybridized carbons (Fsp3) is 0.154. The van der Waals surface area contributed by atoms with Gasteiger partial charge in [-0.05, 0) is 41.3 Å². The van der Waals surface area contributed by atoms with Crippen molar-refractivity contribution in [1.29, 1.82) is 5.26 Å². The number of fused-ring (bicyclic) bond motifs is 1. The summed E-state index contributed by atoms with van der Waals surface area (Å²) in [7, 11) is 0. The number of aromatic hydroxyl groups is 1. The average molecular weight is 485 g/mol. The molecule has 0 aliphatic rings. The minimum absolute atomic E-state index is 0.102. The zero-order chi connectivity index (χ0) is 24.4. The standard InChI is InChI=1S/C26H21ClN6O2/c27-21-6-4-17(5-7-21)8-9-32-22(12-20-14-29-23(13-28)31-25(20)32)11-18-2-1-3-19(10-18)16-33-24(34)15-30-26(33)35/h1-7,10,12,14-15,34H,8-9,11,16H2,(H,30,35). The van der Waals surface area contributed by atoms with Gasteiger partial charge in [0.15, 0.2) is 0 Å². The number of nitrogens with zero attached hydrogens (tertiary/aromatic N) is 5. The summed E-state index contributed by atoms with van der Waals surface area (Å²) in [5, 5.41) is 20.8. The number of H-pyrrole nitrogens is 1. The van der Waals surface area contributed by atoms with Crippen LogP contribution in [0.25, 0.3) is 11.0 Å². The van der Waals surface area contributed by atoms with Gasteiger partial charge in [0.25, 0.3) is 0 Å². The molecule has 2 N–H and O–H groups in total. The molecule has 0 radical (unpaired) electrons. The quantitative estimate of drug-likeness (QED) is 0.362. The Kier molecular flexibility index (Phi) is 6.08. The molecule has 0 amide bonds. The number of aromatic amines is 1. The molecule has 3 heterocycles. The van der Waals surface area contributed by atoms with Gasteiger partial charge in [-0.25, -0.2) is 14.8 Å². The summed E-state index contributed by atoms with van der Waals surface area (Å²) >= 11 is 6.03. The van der Waals surface area contributed by atoms with E-state index < -0.39 is 0 Å². The first-order chi connectivity index (χ1) is 17.0. The van der Waals surface area contributed by atoms with Gasteiger partial charge < -0.3 is 14.7 Å². The summed E-state index contributed by atoms with van der Waals surface area (Å²) in [6, 6.07) is 19.7. The lowest BCUT2D eigenvalue weighted by Gasteiger charge is -2.12. The lowest BCUT2D eigenvalue weighted by molar-refractivity contribution is 0.421. The van der Waals surface area contributed by atoms with Gasteiger partial charge in [-0.15, -0.1) is 0 Å². The highest BCUT2D eigenvalue weighted by Gasteiger charge is 2.13. The van der Waals surface area contributed by atoms with Gasteiger partial charge in [0.1, 0.15) is 11.7 Å². The molecule has 2 aromatic carbocycles. The second kappa shape index (κ2) is 9.49. The smallest absolute Gasteiger partial charge is 0.328 e. The first kappa shape index (κ1) is 22.4. The van der Waals surface area contributed by atoms with E-state index in [2.05, 4.69) is 19.5 Å². The topological polar surface area (TPSA) is 113 Å². The Hall–Kier alpha value is -4.35. The van der Waals surface area contributed by atoms with Crippen molar-refractivity contribution in [3.8, 4) is 11.9 Å². The third-order valence-electron chi connectivity index (χ3n) is 5.92. The maximum absolute atomic E-state index is 11.9. The van der Waals surface area contributed by atoms with Crippen LogP contribution in [0.1, 0.15) is 28.2 Å². The zero-order valence-electron chi connectivity index (χ0n) is 18.6. The fourth-order valence-electron chi connectivity index (χ4n) is 4.20. The van der Waals surface area contributed by atoms with Crippen LogP contribution in [-0.2, 0) is 25.9 Å². The molecular weight excluding hydrogens is 464 g/mol. The van der Waals surface area contributed by atoms with E-state index in [0.29, 0.717) is 18.0 Å². The van der Waals surface area contributed by atoms with E-state index in [9.17, 15) is 15.2 Å². The number of hydrogen-bond donors (Lipinski definition) is 2. The molecule has 0 saturated heterocycles. The summed E-state index contributed by atoms with van der Waals surface area (Å²) in [5.41, 5.74) is 4.50. The first-order valence-electron chi connectivity index (χ1n) is 11.0. The molecule has 5 aromatic rings. The fourth-order valence-corrected chi connectivity index (χ4v) is 4.33. The van der Waals surface area contributed by atoms with Crippen LogP contribution >= 0.6 is 11.6 Å². The number of nitriles is 1. The Labute approximate surface area is 205 Å². The number of benzene rings is 2. The lowest BCUT2D eigenvalue weighted by atomic mass is 10.1. The van der Waals surface area contributed by atoms with Crippen molar-refractivity contribution in [1.82, 2.24) is 24.1 Å². The summed E-state index contributed by atoms with van der Waals surface area (Å²) in [6.07, 6.45) is 4.36. The highest BCUT2D eigenvalue weighted by Crippen LogP contribution is 2.22. The maximum atomic E-state index is 11.9. The number of halogens is 1. The van der Waals surface area contributed by atoms with E-state index in [1.165, 1.54) is 10.8 Å². The monoisotopic (exact) mass is 484 g/mol. The first-order valence-corrected chi connectivity index (χ1v) is 11.4. The molecule has 9 heteroatoms. The molecule has 35 heavy (non-hydrogen) atoms. The van der Waals surface area contributed by atoms with E-state index in [1.54, 1.807) is 6.20 Å². The molecule has 5 rings (SSSR count). The third kappa shape index (κ3) is 4.81. The predicted molar refractivity (Wildman–Crippen MR) is 132 cm³/mol. The molecule has 8 nitrogen and oxygen atoms in total. The van der Waals surface area contributed by atoms with Crippen molar-refractivity contribution in [2.75, 3.05) is 0 Å². The van der Waals surface area contributed by atoms with Crippen molar-refractivity contribution in [3.63, 3.8) is 0 Å². The molecule has 0 spiro atoms. The second-order valence-corrected chi connectivity index (χ2v) is 8.72. The average Bonchev–Trinajstić information content (AvgIpc) is 3.37. The summed E-state index contributed by atoms with van der Waals surface area (Å²) in [5.74, 6) is 0.0308. The van der Waals surface area contributed by atoms with Gasteiger partial charge in [-0.2, -0.15) is 5.26 Å². The highest BCUT2D eigenvalue weighted by atomic mass is 35.5. The Balaban J connectivity index is 1.46. The van der Waals surface area contributed by atoms with Gasteiger partial charge in [-0.3, -0.25) is 4.57 Å². The number of imidazole rings is 1. The summed E-state index contributed by atoms with van der Waals surface area (Å²) in [4.78, 5) is 23.0. The SMILES string of the molecule is N#Cc1ncc2cc(Cc3cccc(Cn4c(O)c[nH]c4=O)c3)n(CCc3ccc(Cl)cc3)c2n1. The predicted octanol–water partition coefficient (Wildman–Crippen LogP) is 4.03. The minimum atomic E-state index is -0.359. The van der Waals surface area contributed by atoms with Crippen molar-refractivity contribution < 1.29 is 5.11 Å². The van der Waals surface area contributed by atoms with Crippen LogP contribution in [-0.4, -0.2) is 29.2 Å². The van der Waals surface area contributed by atoms with Crippen LogP contribution in [0.15, 0.2) is 71.8 Å². The van der Waals surface area contributed by atoms with E-state index in [-0.39, 0.29) is 23.9 Å². The largest absolute Gasteiger partial charge is 0.493 e. The third-order valence-corrected chi connectivity index (χ3v) is 6.17. The van der Waals surface area contributed by atoms with E-state index >= 15 is 0 Å². The maximum Gasteiger partial charge on any atom is 0.328 e. The Morgan fingerprint density at radius 2 is 1.86 bits per heavy atom. The van der Waals surface area contributed by atoms with Crippen molar-refractivity contribution in [2.24, 2.45) is 0 Å². The molecule has 0 saturated carbocycles. The molecule has 0 unspecified atom stereocenters. The van der Waals surface area contributed by atoms with Crippen molar-refractivity contribution in [3.05, 3.63) is 111 Å². The van der Waals surface area contributed by atoms with Crippen LogP contribution in [0.5, 0.6) is 5.88 Å². The number of hydrogen-bond acceptors (Lipinski definition) is 5. The van der Waals surface area contributed by atoms with Crippen LogP contribution in [0.3, 0.4) is 0 Å². The molecule has 174 valence electrons. The Bertz CT molecular complexity index is 1610. The molecule has 0 aliphatic carbocycles. The van der Waals surface area contributed by atoms with E-state index in [1.807, 2.05) is 60.7 Å². The molecular formula is C26H21ClN6O2. The second-order valence-electron chi connectivity index (χ2n) is 8.28. The van der Waals surface area contributed by atoms with Gasteiger partial charge >= 0.3 is 5.69 Å². The zero-order valence-corrected chi connectivity index (χ0v) is 19.4. The number of aryl methyl sites for hydroxylation is 2. The Morgan fingerprint density at radius 1 is 1.06 bits per heavy atom. The summed E-state index contributed by atoms with van der Waals surface area (Å²) < 4.78 is 3.41. The van der Waals surface area contributed by atoms with E-state index in [0.717, 1.165) is 39.8 Å². The molecule has 0 fully saturated rings. The molecule has 0 atom stereocenters. The number of aromatic nitrogens is 5. The number of rotatable bonds is 7. The Morgan fingerprint density at radius 3 is 2.60 bits per heavy atom. The molecule has 3 aromatic heterocycles. The molecule has 0 aliphatic heterocycles. The molecule has 0 bridgehead atoms. The number of nitrogens with one attached hydrogen (secondary N) is 1. The van der Waals surface area contributed by atoms with Crippen LogP contribution in [0.4, 0.5) is 0 Å². The van der Waals surface area contributed by atoms with Gasteiger partial charge in [0.05, 0.1) is 12.7 Å². The van der Waals surface area contributed by atoms with Crippen LogP contribution in [0, 0.1) is 11.3 Å². The van der Waals surface area contributed by atoms with Gasteiger partial charge in [0.2, 0.25) is 11.7 Å². The van der Waals surface area contributed by atoms with Gasteiger partial charge in [-0.1, -0.05) is 48.0 Å². The van der Waals surface area contributed by atoms with E-state index in [4.69, 9.17) is 11.6 Å².